The van der Waals surface area contributed by atoms with Crippen LogP contribution < -0.4 is 0 Å². The average molecular weight is 217 g/mol. The lowest BCUT2D eigenvalue weighted by atomic mass is 10.2. The van der Waals surface area contributed by atoms with Gasteiger partial charge in [0.15, 0.2) is 0 Å². The van der Waals surface area contributed by atoms with E-state index in [2.05, 4.69) is 49.2 Å². The summed E-state index contributed by atoms with van der Waals surface area (Å²) in [4.78, 5) is 4.50. The summed E-state index contributed by atoms with van der Waals surface area (Å²) in [5.41, 5.74) is 1.31. The molecule has 0 radical (unpaired) electrons. The van der Waals surface area contributed by atoms with Crippen LogP contribution in [0.1, 0.15) is 19.8 Å². The Morgan fingerprint density at radius 2 is 2.14 bits per heavy atom. The standard InChI is InChI=1S/C11H20N2.ClH/c1-4-5-8-13-9-6-11(7-10-13)12(2)3;/h6-7,9H,4-5,8,10H2,1-3H3;1H. The lowest BCUT2D eigenvalue weighted by Crippen LogP contribution is -2.23. The molecule has 1 rings (SSSR count). The van der Waals surface area contributed by atoms with Gasteiger partial charge in [-0.2, -0.15) is 0 Å². The molecule has 0 aromatic heterocycles. The van der Waals surface area contributed by atoms with Crippen LogP contribution in [-0.4, -0.2) is 37.0 Å². The predicted molar refractivity (Wildman–Crippen MR) is 64.6 cm³/mol. The summed E-state index contributed by atoms with van der Waals surface area (Å²) < 4.78 is 0. The maximum absolute atomic E-state index is 2.36. The molecule has 3 heteroatoms. The van der Waals surface area contributed by atoms with Crippen LogP contribution in [0.4, 0.5) is 0 Å². The third-order valence-corrected chi connectivity index (χ3v) is 2.31. The topological polar surface area (TPSA) is 6.48 Å². The van der Waals surface area contributed by atoms with E-state index in [-0.39, 0.29) is 12.4 Å². The number of unbranched alkanes of at least 4 members (excludes halogenated alkanes) is 1. The molecule has 1 aliphatic heterocycles. The molecule has 1 aliphatic rings. The van der Waals surface area contributed by atoms with Crippen molar-refractivity contribution in [1.29, 1.82) is 0 Å². The fourth-order valence-electron chi connectivity index (χ4n) is 1.38. The van der Waals surface area contributed by atoms with Crippen molar-refractivity contribution in [2.45, 2.75) is 19.8 Å². The smallest absolute Gasteiger partial charge is 0.0376 e. The van der Waals surface area contributed by atoms with Crippen LogP contribution in [-0.2, 0) is 0 Å². The van der Waals surface area contributed by atoms with Crippen LogP contribution in [0.3, 0.4) is 0 Å². The Balaban J connectivity index is 0.00000169. The van der Waals surface area contributed by atoms with E-state index >= 15 is 0 Å². The molecule has 0 unspecified atom stereocenters. The normalized spacial score (nSPS) is 14.8. The van der Waals surface area contributed by atoms with Gasteiger partial charge in [-0.1, -0.05) is 13.3 Å². The third kappa shape index (κ3) is 4.05. The summed E-state index contributed by atoms with van der Waals surface area (Å²) in [6, 6.07) is 0. The molecule has 0 N–H and O–H groups in total. The van der Waals surface area contributed by atoms with Gasteiger partial charge in [0.05, 0.1) is 0 Å². The molecular weight excluding hydrogens is 196 g/mol. The molecule has 0 aliphatic carbocycles. The summed E-state index contributed by atoms with van der Waals surface area (Å²) in [6.07, 6.45) is 9.21. The van der Waals surface area contributed by atoms with Crippen LogP contribution in [0.5, 0.6) is 0 Å². The SMILES string of the molecule is CCCCN1C=CC(N(C)C)=CC1.Cl. The van der Waals surface area contributed by atoms with Crippen LogP contribution in [0.15, 0.2) is 24.0 Å². The van der Waals surface area contributed by atoms with Gasteiger partial charge >= 0.3 is 0 Å². The van der Waals surface area contributed by atoms with E-state index in [1.54, 1.807) is 0 Å². The van der Waals surface area contributed by atoms with Gasteiger partial charge in [-0.25, -0.2) is 0 Å². The van der Waals surface area contributed by atoms with Gasteiger partial charge in [-0.15, -0.1) is 12.4 Å². The van der Waals surface area contributed by atoms with Gasteiger partial charge in [0.2, 0.25) is 0 Å². The van der Waals surface area contributed by atoms with Crippen molar-refractivity contribution in [2.75, 3.05) is 27.2 Å². The Labute approximate surface area is 93.7 Å². The van der Waals surface area contributed by atoms with Gasteiger partial charge in [0, 0.05) is 39.1 Å². The fraction of sp³-hybridized carbons (Fsp3) is 0.636. The summed E-state index contributed by atoms with van der Waals surface area (Å²) in [6.45, 7) is 4.48. The quantitative estimate of drug-likeness (QED) is 0.713. The first-order chi connectivity index (χ1) is 6.24. The Hall–Kier alpha value is -0.630. The number of halogens is 1. The minimum atomic E-state index is 0. The molecule has 0 spiro atoms. The van der Waals surface area contributed by atoms with Gasteiger partial charge in [0.1, 0.15) is 0 Å². The van der Waals surface area contributed by atoms with E-state index in [4.69, 9.17) is 0 Å². The van der Waals surface area contributed by atoms with Crippen molar-refractivity contribution in [3.8, 4) is 0 Å². The Bertz CT molecular complexity index is 209. The highest BCUT2D eigenvalue weighted by Gasteiger charge is 2.04. The number of hydrogen-bond acceptors (Lipinski definition) is 2. The lowest BCUT2D eigenvalue weighted by molar-refractivity contribution is 0.389. The van der Waals surface area contributed by atoms with E-state index in [1.807, 2.05) is 0 Å². The Morgan fingerprint density at radius 3 is 2.57 bits per heavy atom. The number of rotatable bonds is 4. The van der Waals surface area contributed by atoms with Crippen LogP contribution in [0, 0.1) is 0 Å². The molecule has 0 fully saturated rings. The zero-order chi connectivity index (χ0) is 9.68. The monoisotopic (exact) mass is 216 g/mol. The van der Waals surface area contributed by atoms with Gasteiger partial charge < -0.3 is 9.80 Å². The molecule has 2 nitrogen and oxygen atoms in total. The first kappa shape index (κ1) is 13.4. The summed E-state index contributed by atoms with van der Waals surface area (Å²) in [5.74, 6) is 0. The maximum atomic E-state index is 2.36. The third-order valence-electron chi connectivity index (χ3n) is 2.31. The molecule has 0 saturated heterocycles. The van der Waals surface area contributed by atoms with Crippen molar-refractivity contribution >= 4 is 12.4 Å². The molecule has 82 valence electrons. The zero-order valence-electron chi connectivity index (χ0n) is 9.36. The van der Waals surface area contributed by atoms with Crippen molar-refractivity contribution < 1.29 is 0 Å². The number of nitrogens with zero attached hydrogens (tertiary/aromatic N) is 2. The van der Waals surface area contributed by atoms with Crippen molar-refractivity contribution in [3.05, 3.63) is 24.0 Å². The van der Waals surface area contributed by atoms with E-state index in [0.717, 1.165) is 6.54 Å². The first-order valence-electron chi connectivity index (χ1n) is 5.03. The molecule has 0 bridgehead atoms. The minimum absolute atomic E-state index is 0. The summed E-state index contributed by atoms with van der Waals surface area (Å²) >= 11 is 0. The van der Waals surface area contributed by atoms with Crippen molar-refractivity contribution in [2.24, 2.45) is 0 Å². The van der Waals surface area contributed by atoms with Crippen LogP contribution >= 0.6 is 12.4 Å². The minimum Gasteiger partial charge on any atom is -0.378 e. The Kier molecular flexibility index (Phi) is 6.46. The van der Waals surface area contributed by atoms with Gasteiger partial charge in [-0.05, 0) is 18.6 Å². The zero-order valence-corrected chi connectivity index (χ0v) is 10.2. The second kappa shape index (κ2) is 6.77. The van der Waals surface area contributed by atoms with E-state index in [0.29, 0.717) is 0 Å². The molecule has 0 saturated carbocycles. The highest BCUT2D eigenvalue weighted by atomic mass is 35.5. The largest absolute Gasteiger partial charge is 0.378 e. The van der Waals surface area contributed by atoms with Gasteiger partial charge in [-0.3, -0.25) is 0 Å². The molecular formula is C11H21ClN2. The summed E-state index contributed by atoms with van der Waals surface area (Å²) in [7, 11) is 4.16. The highest BCUT2D eigenvalue weighted by molar-refractivity contribution is 5.85. The van der Waals surface area contributed by atoms with Crippen LogP contribution in [0.2, 0.25) is 0 Å². The van der Waals surface area contributed by atoms with Gasteiger partial charge in [0.25, 0.3) is 0 Å². The van der Waals surface area contributed by atoms with E-state index in [9.17, 15) is 0 Å². The second-order valence-electron chi connectivity index (χ2n) is 3.69. The first-order valence-corrected chi connectivity index (χ1v) is 5.03. The molecule has 1 heterocycles. The fourth-order valence-corrected chi connectivity index (χ4v) is 1.38. The molecule has 0 aromatic carbocycles. The molecule has 0 aromatic rings. The van der Waals surface area contributed by atoms with Crippen LogP contribution in [0.25, 0.3) is 0 Å². The maximum Gasteiger partial charge on any atom is 0.0376 e. The molecule has 0 atom stereocenters. The van der Waals surface area contributed by atoms with E-state index < -0.39 is 0 Å². The predicted octanol–water partition coefficient (Wildman–Crippen LogP) is 2.48. The number of allylic oxidation sites excluding steroid dienone is 1. The molecule has 0 amide bonds. The molecule has 14 heavy (non-hydrogen) atoms. The average Bonchev–Trinajstić information content (AvgIpc) is 2.15. The lowest BCUT2D eigenvalue weighted by Gasteiger charge is -2.25. The number of hydrogen-bond donors (Lipinski definition) is 0. The second-order valence-corrected chi connectivity index (χ2v) is 3.69. The summed E-state index contributed by atoms with van der Waals surface area (Å²) in [5, 5.41) is 0. The van der Waals surface area contributed by atoms with Crippen molar-refractivity contribution in [3.63, 3.8) is 0 Å². The highest BCUT2D eigenvalue weighted by Crippen LogP contribution is 2.09. The number of likely N-dealkylation sites (N-methyl/N-ethyl adjacent to an activating group) is 1. The van der Waals surface area contributed by atoms with Crippen molar-refractivity contribution in [1.82, 2.24) is 9.80 Å². The Morgan fingerprint density at radius 1 is 1.43 bits per heavy atom. The van der Waals surface area contributed by atoms with E-state index in [1.165, 1.54) is 25.1 Å².